The number of rotatable bonds is 16. The molecule has 0 aliphatic heterocycles. The number of hydrogen-bond donors (Lipinski definition) is 3. The summed E-state index contributed by atoms with van der Waals surface area (Å²) in [6.45, 7) is 28.1. The van der Waals surface area contributed by atoms with Gasteiger partial charge < -0.3 is 0 Å². The molecule has 0 radical (unpaired) electrons. The fourth-order valence-electron chi connectivity index (χ4n) is 4.78. The fraction of sp³-hybridized carbons (Fsp3) is 1.00. The molecule has 33 heavy (non-hydrogen) atoms. The summed E-state index contributed by atoms with van der Waals surface area (Å²) >= 11 is -0.890. The molecule has 206 valence electrons. The Kier molecular flexibility index (Phi) is 16.2. The molecule has 0 aliphatic rings. The highest BCUT2D eigenvalue weighted by Crippen LogP contribution is 2.46. The third-order valence-corrected chi connectivity index (χ3v) is 14.3. The van der Waals surface area contributed by atoms with Crippen molar-refractivity contribution in [1.82, 2.24) is 25.8 Å². The Balaban J connectivity index is 5.30. The maximum Gasteiger partial charge on any atom is 0.0220 e. The molecular formula is C24H62N6S3. The molecular weight excluding hydrogens is 469 g/mol. The maximum absolute atomic E-state index is 2.73. The van der Waals surface area contributed by atoms with Crippen molar-refractivity contribution >= 4 is 33.8 Å². The summed E-state index contributed by atoms with van der Waals surface area (Å²) in [5, 5.41) is 1.36. The summed E-state index contributed by atoms with van der Waals surface area (Å²) in [5.74, 6) is 0. The second-order valence-corrected chi connectivity index (χ2v) is 20.2. The van der Waals surface area contributed by atoms with E-state index in [2.05, 4.69) is 130 Å². The van der Waals surface area contributed by atoms with Crippen LogP contribution in [0.4, 0.5) is 0 Å². The molecule has 0 bridgehead atoms. The van der Waals surface area contributed by atoms with Crippen LogP contribution < -0.4 is 0 Å². The van der Waals surface area contributed by atoms with Crippen molar-refractivity contribution in [2.45, 2.75) is 77.6 Å². The molecule has 0 fully saturated rings. The third kappa shape index (κ3) is 11.2. The highest BCUT2D eigenvalue weighted by atomic mass is 32.2. The quantitative estimate of drug-likeness (QED) is 0.249. The van der Waals surface area contributed by atoms with Crippen molar-refractivity contribution in [3.63, 3.8) is 0 Å². The Bertz CT molecular complexity index is 507. The molecule has 9 heteroatoms. The van der Waals surface area contributed by atoms with Crippen LogP contribution in [0.2, 0.25) is 0 Å². The zero-order valence-electron chi connectivity index (χ0n) is 24.9. The van der Waals surface area contributed by atoms with Crippen LogP contribution in [0, 0.1) is 0 Å². The zero-order chi connectivity index (χ0) is 26.1. The van der Waals surface area contributed by atoms with Gasteiger partial charge in [-0.1, -0.05) is 62.3 Å². The van der Waals surface area contributed by atoms with Gasteiger partial charge in [0.1, 0.15) is 0 Å². The topological polar surface area (TPSA) is 19.4 Å². The van der Waals surface area contributed by atoms with E-state index in [0.29, 0.717) is 10.5 Å². The Hall–Kier alpha value is 0.810. The highest BCUT2D eigenvalue weighted by molar-refractivity contribution is 8.14. The predicted octanol–water partition coefficient (Wildman–Crippen LogP) is 4.73. The van der Waals surface area contributed by atoms with Gasteiger partial charge in [-0.25, -0.2) is 0 Å². The summed E-state index contributed by atoms with van der Waals surface area (Å²) in [7, 11) is 13.8. The van der Waals surface area contributed by atoms with E-state index in [1.165, 1.54) is 0 Å². The minimum atomic E-state index is -0.393. The van der Waals surface area contributed by atoms with Crippen LogP contribution in [-0.4, -0.2) is 123 Å². The Labute approximate surface area is 218 Å². The van der Waals surface area contributed by atoms with Gasteiger partial charge in [-0.05, 0) is 42.3 Å². The summed E-state index contributed by atoms with van der Waals surface area (Å²) in [6.07, 6.45) is 0. The third-order valence-electron chi connectivity index (χ3n) is 5.82. The molecule has 0 aromatic heterocycles. The van der Waals surface area contributed by atoms with Crippen molar-refractivity contribution in [1.29, 1.82) is 0 Å². The lowest BCUT2D eigenvalue weighted by molar-refractivity contribution is 0.382. The van der Waals surface area contributed by atoms with E-state index in [-0.39, 0.29) is 27.3 Å². The zero-order valence-corrected chi connectivity index (χ0v) is 27.6. The summed E-state index contributed by atoms with van der Waals surface area (Å²) < 4.78 is 15.9. The van der Waals surface area contributed by atoms with Crippen molar-refractivity contribution < 1.29 is 0 Å². The van der Waals surface area contributed by atoms with E-state index >= 15 is 0 Å². The molecule has 0 amide bonds. The van der Waals surface area contributed by atoms with Crippen LogP contribution in [0.15, 0.2) is 0 Å². The molecule has 0 rings (SSSR count). The normalized spacial score (nSPS) is 18.1. The number of likely N-dealkylation sites (N-methyl/N-ethyl adjacent to an activating group) is 4. The van der Waals surface area contributed by atoms with Gasteiger partial charge in [0, 0.05) is 54.5 Å². The standard InChI is InChI=1S/C24H62N6S3/c1-16-26(12)32(23(5)6)30(17-2)21-20-29(15)33(24(7,8)9)28(14)19-18-27(13)31(22(3)4)25(10)11/h22-23,31-33H,16-21H2,1-15H3. The smallest absolute Gasteiger partial charge is 0.0220 e. The first kappa shape index (κ1) is 33.8. The van der Waals surface area contributed by atoms with Gasteiger partial charge in [0.2, 0.25) is 0 Å². The predicted molar refractivity (Wildman–Crippen MR) is 164 cm³/mol. The van der Waals surface area contributed by atoms with Crippen LogP contribution in [0.25, 0.3) is 0 Å². The van der Waals surface area contributed by atoms with E-state index in [1.807, 2.05) is 0 Å². The summed E-state index contributed by atoms with van der Waals surface area (Å²) in [5.41, 5.74) is 0. The number of nitrogens with zero attached hydrogens (tertiary/aromatic N) is 6. The fourth-order valence-corrected chi connectivity index (χ4v) is 13.3. The van der Waals surface area contributed by atoms with E-state index in [4.69, 9.17) is 0 Å². The average molecular weight is 531 g/mol. The molecule has 0 aromatic rings. The maximum atomic E-state index is 2.73. The minimum Gasteiger partial charge on any atom is -0.264 e. The van der Waals surface area contributed by atoms with Crippen LogP contribution >= 0.6 is 33.8 Å². The van der Waals surface area contributed by atoms with Crippen molar-refractivity contribution in [3.8, 4) is 0 Å². The molecule has 6 nitrogen and oxygen atoms in total. The van der Waals surface area contributed by atoms with Gasteiger partial charge in [0.15, 0.2) is 0 Å². The van der Waals surface area contributed by atoms with E-state index in [9.17, 15) is 0 Å². The van der Waals surface area contributed by atoms with E-state index < -0.39 is 11.3 Å². The Morgan fingerprint density at radius 2 is 1.00 bits per heavy atom. The molecule has 0 saturated carbocycles. The molecule has 3 unspecified atom stereocenters. The highest BCUT2D eigenvalue weighted by Gasteiger charge is 2.29. The summed E-state index contributed by atoms with van der Waals surface area (Å²) in [6, 6.07) is 0. The average Bonchev–Trinajstić information content (AvgIpc) is 2.66. The largest absolute Gasteiger partial charge is 0.264 e. The molecule has 0 N–H and O–H groups in total. The lowest BCUT2D eigenvalue weighted by Gasteiger charge is -2.50. The monoisotopic (exact) mass is 530 g/mol. The SMILES string of the molecule is CCN(C)[SH](C(C)C)N(CC)CCN(C)[SH](N(C)CCN(C)[SH](C(C)C)N(C)C)C(C)(C)C. The van der Waals surface area contributed by atoms with Crippen LogP contribution in [0.1, 0.15) is 62.3 Å². The van der Waals surface area contributed by atoms with Gasteiger partial charge in [0.05, 0.1) is 0 Å². The van der Waals surface area contributed by atoms with Crippen LogP contribution in [0.5, 0.6) is 0 Å². The first-order valence-corrected chi connectivity index (χ1v) is 16.6. The first-order chi connectivity index (χ1) is 15.1. The van der Waals surface area contributed by atoms with Crippen molar-refractivity contribution in [2.75, 3.05) is 81.6 Å². The van der Waals surface area contributed by atoms with Crippen LogP contribution in [-0.2, 0) is 0 Å². The van der Waals surface area contributed by atoms with Gasteiger partial charge in [-0.2, -0.15) is 0 Å². The molecule has 0 spiro atoms. The lowest BCUT2D eigenvalue weighted by Crippen LogP contribution is -2.43. The molecule has 0 aliphatic carbocycles. The van der Waals surface area contributed by atoms with E-state index in [0.717, 1.165) is 39.3 Å². The van der Waals surface area contributed by atoms with Gasteiger partial charge in [-0.15, -0.1) is 33.8 Å². The minimum absolute atomic E-state index is 0.248. The van der Waals surface area contributed by atoms with Crippen molar-refractivity contribution in [2.24, 2.45) is 0 Å². The van der Waals surface area contributed by atoms with Gasteiger partial charge in [-0.3, -0.25) is 25.8 Å². The number of hydrogen-bond acceptors (Lipinski definition) is 6. The van der Waals surface area contributed by atoms with Gasteiger partial charge >= 0.3 is 0 Å². The molecule has 3 atom stereocenters. The van der Waals surface area contributed by atoms with Gasteiger partial charge in [0.25, 0.3) is 0 Å². The van der Waals surface area contributed by atoms with Crippen LogP contribution in [0.3, 0.4) is 0 Å². The Morgan fingerprint density at radius 1 is 0.576 bits per heavy atom. The van der Waals surface area contributed by atoms with Crippen molar-refractivity contribution in [3.05, 3.63) is 0 Å². The summed E-state index contributed by atoms with van der Waals surface area (Å²) in [4.78, 5) is 0. The second kappa shape index (κ2) is 15.8. The molecule has 0 aromatic carbocycles. The Morgan fingerprint density at radius 3 is 1.33 bits per heavy atom. The molecule has 0 saturated heterocycles. The lowest BCUT2D eigenvalue weighted by atomic mass is 10.3. The molecule has 0 heterocycles. The number of thiol groups is 3. The van der Waals surface area contributed by atoms with E-state index in [1.54, 1.807) is 0 Å². The first-order valence-electron chi connectivity index (χ1n) is 12.7. The second-order valence-electron chi connectivity index (χ2n) is 10.8.